The molecule has 2 amide bonds. The molecule has 0 aromatic heterocycles. The van der Waals surface area contributed by atoms with Gasteiger partial charge in [0.2, 0.25) is 10.0 Å². The van der Waals surface area contributed by atoms with Crippen LogP contribution in [0.25, 0.3) is 0 Å². The van der Waals surface area contributed by atoms with Crippen LogP contribution in [-0.2, 0) is 19.6 Å². The van der Waals surface area contributed by atoms with Gasteiger partial charge in [0.15, 0.2) is 11.5 Å². The SMILES string of the molecule is CCCCCCCCCCCCCCCCN(C(=O)c1ccc(Cl)c(NC(=O)C(=Nc2ccc(N(CC)CC)cc2C)C(=O)C(C)(C)C)c1)S(C)(=O)=O. The molecule has 0 atom stereocenters. The Morgan fingerprint density at radius 1 is 0.774 bits per heavy atom. The minimum Gasteiger partial charge on any atom is -0.372 e. The van der Waals surface area contributed by atoms with Gasteiger partial charge in [0, 0.05) is 36.3 Å². The Balaban J connectivity index is 2.12. The van der Waals surface area contributed by atoms with Gasteiger partial charge in [-0.25, -0.2) is 17.7 Å². The molecule has 9 nitrogen and oxygen atoms in total. The largest absolute Gasteiger partial charge is 0.372 e. The number of carbonyl (C=O) groups is 3. The molecule has 2 rings (SSSR count). The molecule has 0 heterocycles. The zero-order valence-corrected chi connectivity index (χ0v) is 35.2. The summed E-state index contributed by atoms with van der Waals surface area (Å²) in [6.45, 7) is 15.1. The minimum absolute atomic E-state index is 0.0453. The number of anilines is 2. The highest BCUT2D eigenvalue weighted by atomic mass is 35.5. The molecule has 0 unspecified atom stereocenters. The van der Waals surface area contributed by atoms with Gasteiger partial charge in [0.05, 0.1) is 22.7 Å². The first-order chi connectivity index (χ1) is 25.0. The number of carbonyl (C=O) groups excluding carboxylic acids is 3. The van der Waals surface area contributed by atoms with Gasteiger partial charge < -0.3 is 10.2 Å². The lowest BCUT2D eigenvalue weighted by Gasteiger charge is -2.22. The number of nitrogens with one attached hydrogen (secondary N) is 1. The van der Waals surface area contributed by atoms with Crippen molar-refractivity contribution in [3.05, 3.63) is 52.5 Å². The van der Waals surface area contributed by atoms with E-state index in [2.05, 4.69) is 36.0 Å². The highest BCUT2D eigenvalue weighted by Crippen LogP contribution is 2.28. The van der Waals surface area contributed by atoms with Crippen LogP contribution in [-0.4, -0.2) is 61.9 Å². The number of rotatable bonds is 24. The van der Waals surface area contributed by atoms with Crippen molar-refractivity contribution in [2.45, 2.75) is 138 Å². The van der Waals surface area contributed by atoms with Crippen molar-refractivity contribution >= 4 is 62.0 Å². The summed E-state index contributed by atoms with van der Waals surface area (Å²) < 4.78 is 26.4. The average Bonchev–Trinajstić information content (AvgIpc) is 3.09. The van der Waals surface area contributed by atoms with Crippen LogP contribution in [0.2, 0.25) is 5.02 Å². The Morgan fingerprint density at radius 2 is 1.30 bits per heavy atom. The van der Waals surface area contributed by atoms with Crippen molar-refractivity contribution in [1.82, 2.24) is 4.31 Å². The first-order valence-electron chi connectivity index (χ1n) is 19.7. The van der Waals surface area contributed by atoms with Gasteiger partial charge in [-0.2, -0.15) is 0 Å². The molecule has 0 aliphatic heterocycles. The van der Waals surface area contributed by atoms with Gasteiger partial charge in [0.25, 0.3) is 11.8 Å². The van der Waals surface area contributed by atoms with Crippen molar-refractivity contribution in [1.29, 1.82) is 0 Å². The maximum absolute atomic E-state index is 13.7. The molecule has 0 aliphatic carbocycles. The monoisotopic (exact) mass is 772 g/mol. The minimum atomic E-state index is -3.87. The van der Waals surface area contributed by atoms with E-state index in [1.165, 1.54) is 82.4 Å². The lowest BCUT2D eigenvalue weighted by Crippen LogP contribution is -2.38. The predicted octanol–water partition coefficient (Wildman–Crippen LogP) is 10.7. The van der Waals surface area contributed by atoms with E-state index < -0.39 is 33.0 Å². The number of unbranched alkanes of at least 4 members (excludes halogenated alkanes) is 13. The number of hydrogen-bond acceptors (Lipinski definition) is 7. The summed E-state index contributed by atoms with van der Waals surface area (Å²) in [5.41, 5.74) is 1.17. The smallest absolute Gasteiger partial charge is 0.278 e. The zero-order chi connectivity index (χ0) is 39.6. The van der Waals surface area contributed by atoms with E-state index in [-0.39, 0.29) is 28.5 Å². The predicted molar refractivity (Wildman–Crippen MR) is 223 cm³/mol. The van der Waals surface area contributed by atoms with E-state index in [1.54, 1.807) is 26.8 Å². The summed E-state index contributed by atoms with van der Waals surface area (Å²) in [5, 5.41) is 2.79. The van der Waals surface area contributed by atoms with Crippen LogP contribution in [0.15, 0.2) is 41.4 Å². The number of nitrogens with zero attached hydrogens (tertiary/aromatic N) is 3. The summed E-state index contributed by atoms with van der Waals surface area (Å²) in [4.78, 5) is 47.6. The first-order valence-corrected chi connectivity index (χ1v) is 21.9. The fraction of sp³-hybridized carbons (Fsp3) is 0.619. The second kappa shape index (κ2) is 22.9. The third kappa shape index (κ3) is 15.6. The molecule has 0 radical (unpaired) electrons. The Labute approximate surface area is 325 Å². The van der Waals surface area contributed by atoms with Gasteiger partial charge in [-0.15, -0.1) is 0 Å². The van der Waals surface area contributed by atoms with E-state index in [1.807, 2.05) is 19.1 Å². The second-order valence-electron chi connectivity index (χ2n) is 15.1. The lowest BCUT2D eigenvalue weighted by molar-refractivity contribution is -0.121. The third-order valence-electron chi connectivity index (χ3n) is 9.46. The molecule has 0 saturated carbocycles. The molecule has 2 aromatic rings. The number of ketones is 1. The van der Waals surface area contributed by atoms with Crippen molar-refractivity contribution in [3.63, 3.8) is 0 Å². The van der Waals surface area contributed by atoms with Crippen molar-refractivity contribution in [3.8, 4) is 0 Å². The van der Waals surface area contributed by atoms with Crippen molar-refractivity contribution in [2.75, 3.05) is 36.1 Å². The number of halogens is 1. The van der Waals surface area contributed by atoms with Crippen LogP contribution in [0.3, 0.4) is 0 Å². The second-order valence-corrected chi connectivity index (χ2v) is 17.4. The van der Waals surface area contributed by atoms with Crippen molar-refractivity contribution < 1.29 is 22.8 Å². The van der Waals surface area contributed by atoms with Crippen LogP contribution in [0.1, 0.15) is 147 Å². The normalized spacial score (nSPS) is 12.1. The highest BCUT2D eigenvalue weighted by Gasteiger charge is 2.32. The van der Waals surface area contributed by atoms with E-state index >= 15 is 0 Å². The van der Waals surface area contributed by atoms with Gasteiger partial charge in [0.1, 0.15) is 0 Å². The van der Waals surface area contributed by atoms with Crippen LogP contribution < -0.4 is 10.2 Å². The van der Waals surface area contributed by atoms with Crippen molar-refractivity contribution in [2.24, 2.45) is 10.4 Å². The van der Waals surface area contributed by atoms with E-state index in [4.69, 9.17) is 11.6 Å². The average molecular weight is 774 g/mol. The fourth-order valence-corrected chi connectivity index (χ4v) is 7.21. The first kappa shape index (κ1) is 45.9. The molecule has 0 aliphatic rings. The molecule has 53 heavy (non-hydrogen) atoms. The maximum Gasteiger partial charge on any atom is 0.278 e. The van der Waals surface area contributed by atoms with E-state index in [0.29, 0.717) is 12.1 Å². The molecule has 1 N–H and O–H groups in total. The Bertz CT molecular complexity index is 1630. The summed E-state index contributed by atoms with van der Waals surface area (Å²) >= 11 is 6.46. The molecule has 0 bridgehead atoms. The Kier molecular flexibility index (Phi) is 19.8. The summed E-state index contributed by atoms with van der Waals surface area (Å²) in [6.07, 6.45) is 17.4. The molecular formula is C42H65ClN4O5S. The molecule has 11 heteroatoms. The molecule has 0 saturated heterocycles. The van der Waals surface area contributed by atoms with Crippen LogP contribution in [0.5, 0.6) is 0 Å². The van der Waals surface area contributed by atoms with E-state index in [0.717, 1.165) is 54.2 Å². The number of aliphatic imine (C=N–C) groups is 1. The van der Waals surface area contributed by atoms with Gasteiger partial charge in [-0.1, -0.05) is 123 Å². The number of hydrogen-bond donors (Lipinski definition) is 1. The molecule has 0 spiro atoms. The van der Waals surface area contributed by atoms with Gasteiger partial charge >= 0.3 is 0 Å². The van der Waals surface area contributed by atoms with Gasteiger partial charge in [-0.3, -0.25) is 14.4 Å². The lowest BCUT2D eigenvalue weighted by atomic mass is 9.87. The number of benzene rings is 2. The topological polar surface area (TPSA) is 116 Å². The zero-order valence-electron chi connectivity index (χ0n) is 33.7. The summed E-state index contributed by atoms with van der Waals surface area (Å²) in [5.74, 6) is -1.97. The number of sulfonamides is 1. The Morgan fingerprint density at radius 3 is 1.77 bits per heavy atom. The third-order valence-corrected chi connectivity index (χ3v) is 10.9. The fourth-order valence-electron chi connectivity index (χ4n) is 6.18. The summed E-state index contributed by atoms with van der Waals surface area (Å²) in [7, 11) is -3.87. The molecule has 2 aromatic carbocycles. The number of Topliss-reactive ketones (excluding diaryl/α,β-unsaturated/α-hetero) is 1. The highest BCUT2D eigenvalue weighted by molar-refractivity contribution is 7.88. The molecule has 296 valence electrons. The molecule has 0 fully saturated rings. The van der Waals surface area contributed by atoms with Crippen LogP contribution >= 0.6 is 11.6 Å². The van der Waals surface area contributed by atoms with Gasteiger partial charge in [-0.05, 0) is 69.2 Å². The number of aryl methyl sites for hydroxylation is 1. The quantitative estimate of drug-likeness (QED) is 0.0645. The standard InChI is InChI=1S/C42H65ClN4O5S/c1-9-12-13-14-15-16-17-18-19-20-21-22-23-24-29-47(53(8,51)52)41(50)33-25-27-35(43)37(31-33)45-40(49)38(39(48)42(5,6)7)44-36-28-26-34(30-32(36)4)46(10-2)11-3/h25-28,30-31H,9-24,29H2,1-8H3,(H,45,49). The maximum atomic E-state index is 13.7. The van der Waals surface area contributed by atoms with E-state index in [9.17, 15) is 22.8 Å². The summed E-state index contributed by atoms with van der Waals surface area (Å²) in [6, 6.07) is 9.87. The van der Waals surface area contributed by atoms with Crippen LogP contribution in [0, 0.1) is 12.3 Å². The van der Waals surface area contributed by atoms with Crippen LogP contribution in [0.4, 0.5) is 17.1 Å². The Hall–Kier alpha value is -3.24. The molecular weight excluding hydrogens is 708 g/mol. The number of amides is 2.